The van der Waals surface area contributed by atoms with Gasteiger partial charge in [0.25, 0.3) is 0 Å². The number of amides is 1. The van der Waals surface area contributed by atoms with Crippen molar-refractivity contribution in [3.05, 3.63) is 0 Å². The van der Waals surface area contributed by atoms with E-state index in [0.29, 0.717) is 0 Å². The second-order valence-corrected chi connectivity index (χ2v) is 7.55. The van der Waals surface area contributed by atoms with Crippen molar-refractivity contribution >= 4 is 5.91 Å². The highest BCUT2D eigenvalue weighted by molar-refractivity contribution is 5.73. The van der Waals surface area contributed by atoms with Crippen molar-refractivity contribution in [1.82, 2.24) is 15.7 Å². The molecule has 2 heterocycles. The van der Waals surface area contributed by atoms with Gasteiger partial charge in [-0.05, 0) is 66.5 Å². The summed E-state index contributed by atoms with van der Waals surface area (Å²) >= 11 is 0. The van der Waals surface area contributed by atoms with E-state index in [4.69, 9.17) is 0 Å². The molecule has 0 aromatic heterocycles. The Hall–Kier alpha value is -0.650. The first-order chi connectivity index (χ1) is 9.65. The zero-order valence-corrected chi connectivity index (χ0v) is 14.3. The van der Waals surface area contributed by atoms with E-state index in [1.54, 1.807) is 0 Å². The van der Waals surface area contributed by atoms with E-state index in [0.717, 1.165) is 12.8 Å². The van der Waals surface area contributed by atoms with Gasteiger partial charge in [0.2, 0.25) is 5.91 Å². The van der Waals surface area contributed by atoms with Crippen LogP contribution in [0.2, 0.25) is 0 Å². The van der Waals surface area contributed by atoms with Crippen LogP contribution in [0.3, 0.4) is 0 Å². The molecule has 2 fully saturated rings. The molecule has 0 radical (unpaired) electrons. The number of carbonyl (C=O) groups excluding carboxylic acids is 1. The zero-order valence-electron chi connectivity index (χ0n) is 14.3. The molecule has 0 aromatic carbocycles. The summed E-state index contributed by atoms with van der Waals surface area (Å²) in [6, 6.07) is 0.149. The van der Waals surface area contributed by atoms with Crippen molar-refractivity contribution in [1.29, 1.82) is 0 Å². The Bertz CT molecular complexity index is 309. The Balaban J connectivity index is 0.000000304. The summed E-state index contributed by atoms with van der Waals surface area (Å²) in [6.45, 7) is 12.0. The van der Waals surface area contributed by atoms with Crippen LogP contribution in [-0.2, 0) is 4.79 Å². The summed E-state index contributed by atoms with van der Waals surface area (Å²) in [5.41, 5.74) is -0.594. The van der Waals surface area contributed by atoms with Gasteiger partial charge >= 0.3 is 0 Å². The second kappa shape index (κ2) is 7.56. The fraction of sp³-hybridized carbons (Fsp3) is 0.938. The van der Waals surface area contributed by atoms with Crippen LogP contribution in [0, 0.1) is 0 Å². The molecular weight excluding hydrogens is 266 g/mol. The lowest BCUT2D eigenvalue weighted by atomic mass is 9.79. The Labute approximate surface area is 129 Å². The maximum Gasteiger partial charge on any atom is 0.217 e. The smallest absolute Gasteiger partial charge is 0.217 e. The van der Waals surface area contributed by atoms with E-state index >= 15 is 0 Å². The predicted octanol–water partition coefficient (Wildman–Crippen LogP) is 2.29. The fourth-order valence-corrected chi connectivity index (χ4v) is 3.46. The summed E-state index contributed by atoms with van der Waals surface area (Å²) in [7, 11) is 0. The molecule has 2 aliphatic rings. The molecule has 3 N–H and O–H groups in total. The highest BCUT2D eigenvalue weighted by Crippen LogP contribution is 2.36. The lowest BCUT2D eigenvalue weighted by Gasteiger charge is -2.51. The van der Waals surface area contributed by atoms with Crippen LogP contribution in [0.15, 0.2) is 0 Å². The van der Waals surface area contributed by atoms with E-state index in [1.807, 2.05) is 27.7 Å². The minimum Gasteiger partial charge on any atom is -0.353 e. The van der Waals surface area contributed by atoms with E-state index in [9.17, 15) is 10.0 Å². The number of rotatable bonds is 1. The molecule has 1 amide bonds. The van der Waals surface area contributed by atoms with Gasteiger partial charge in [-0.1, -0.05) is 6.42 Å². The summed E-state index contributed by atoms with van der Waals surface area (Å²) in [4.78, 5) is 11.0. The molecule has 0 aliphatic carbocycles. The first-order valence-corrected chi connectivity index (χ1v) is 8.12. The molecule has 0 aromatic rings. The summed E-state index contributed by atoms with van der Waals surface area (Å²) in [5.74, 6) is -0.00186. The van der Waals surface area contributed by atoms with Crippen LogP contribution < -0.4 is 10.6 Å². The quantitative estimate of drug-likeness (QED) is 0.695. The number of nitrogens with zero attached hydrogens (tertiary/aromatic N) is 1. The maximum absolute atomic E-state index is 11.0. The fourth-order valence-electron chi connectivity index (χ4n) is 3.46. The first-order valence-electron chi connectivity index (χ1n) is 8.12. The third-order valence-corrected chi connectivity index (χ3v) is 4.25. The van der Waals surface area contributed by atoms with Gasteiger partial charge in [0.05, 0.1) is 0 Å². The maximum atomic E-state index is 11.0. The Morgan fingerprint density at radius 1 is 1.10 bits per heavy atom. The highest BCUT2D eigenvalue weighted by Gasteiger charge is 2.45. The molecule has 2 rings (SSSR count). The van der Waals surface area contributed by atoms with E-state index in [-0.39, 0.29) is 23.0 Å². The van der Waals surface area contributed by atoms with E-state index in [1.165, 1.54) is 44.3 Å². The van der Waals surface area contributed by atoms with Crippen molar-refractivity contribution in [2.75, 3.05) is 13.1 Å². The van der Waals surface area contributed by atoms with Crippen LogP contribution in [0.5, 0.6) is 0 Å². The van der Waals surface area contributed by atoms with Gasteiger partial charge < -0.3 is 15.8 Å². The lowest BCUT2D eigenvalue weighted by molar-refractivity contribution is -0.246. The van der Waals surface area contributed by atoms with Crippen LogP contribution in [-0.4, -0.2) is 46.4 Å². The van der Waals surface area contributed by atoms with Gasteiger partial charge in [0, 0.05) is 24.0 Å². The minimum absolute atomic E-state index is 0.00186. The molecule has 0 spiro atoms. The van der Waals surface area contributed by atoms with Crippen LogP contribution in [0.25, 0.3) is 0 Å². The number of hydroxylamine groups is 2. The predicted molar refractivity (Wildman–Crippen MR) is 85.3 cm³/mol. The zero-order chi connectivity index (χ0) is 16.1. The topological polar surface area (TPSA) is 64.6 Å². The van der Waals surface area contributed by atoms with Gasteiger partial charge in [0.15, 0.2) is 0 Å². The van der Waals surface area contributed by atoms with Gasteiger partial charge in [-0.25, -0.2) is 0 Å². The Morgan fingerprint density at radius 2 is 1.57 bits per heavy atom. The highest BCUT2D eigenvalue weighted by atomic mass is 16.5. The SMILES string of the molecule is C1CCNCC1.CC(=O)NC1CC(C)(C)N(O)C(C)(C)C1. The number of hydrogen-bond donors (Lipinski definition) is 3. The van der Waals surface area contributed by atoms with E-state index < -0.39 is 0 Å². The van der Waals surface area contributed by atoms with Crippen molar-refractivity contribution in [2.45, 2.75) is 83.8 Å². The lowest BCUT2D eigenvalue weighted by Crippen LogP contribution is -2.62. The molecular formula is C16H33N3O2. The number of carbonyl (C=O) groups is 1. The standard InChI is InChI=1S/C11H22N2O2.C5H11N/c1-8(14)12-9-6-10(2,3)13(15)11(4,5)7-9;1-2-4-6-5-3-1/h9,15H,6-7H2,1-5H3,(H,12,14);6H,1-5H2. The molecule has 21 heavy (non-hydrogen) atoms. The molecule has 2 aliphatic heterocycles. The van der Waals surface area contributed by atoms with Gasteiger partial charge in [-0.15, -0.1) is 0 Å². The minimum atomic E-state index is -0.297. The van der Waals surface area contributed by atoms with Crippen LogP contribution >= 0.6 is 0 Å². The van der Waals surface area contributed by atoms with Gasteiger partial charge in [-0.2, -0.15) is 5.06 Å². The van der Waals surface area contributed by atoms with Gasteiger partial charge in [0.1, 0.15) is 0 Å². The molecule has 0 unspecified atom stereocenters. The van der Waals surface area contributed by atoms with Crippen molar-refractivity contribution < 1.29 is 10.0 Å². The average Bonchev–Trinajstić information content (AvgIpc) is 2.37. The monoisotopic (exact) mass is 299 g/mol. The normalized spacial score (nSPS) is 25.6. The Kier molecular flexibility index (Phi) is 6.63. The largest absolute Gasteiger partial charge is 0.353 e. The average molecular weight is 299 g/mol. The third kappa shape index (κ3) is 5.93. The first kappa shape index (κ1) is 18.4. The molecule has 0 saturated carbocycles. The molecule has 2 saturated heterocycles. The van der Waals surface area contributed by atoms with Crippen molar-refractivity contribution in [3.8, 4) is 0 Å². The third-order valence-electron chi connectivity index (χ3n) is 4.25. The summed E-state index contributed by atoms with van der Waals surface area (Å²) < 4.78 is 0. The Morgan fingerprint density at radius 3 is 1.86 bits per heavy atom. The molecule has 124 valence electrons. The number of piperidine rings is 2. The van der Waals surface area contributed by atoms with Crippen molar-refractivity contribution in [2.24, 2.45) is 0 Å². The molecule has 5 nitrogen and oxygen atoms in total. The number of nitrogens with one attached hydrogen (secondary N) is 2. The summed E-state index contributed by atoms with van der Waals surface area (Å²) in [5, 5.41) is 17.7. The van der Waals surface area contributed by atoms with Crippen LogP contribution in [0.4, 0.5) is 0 Å². The number of hydrogen-bond acceptors (Lipinski definition) is 4. The molecule has 0 bridgehead atoms. The molecule has 0 atom stereocenters. The second-order valence-electron chi connectivity index (χ2n) is 7.55. The summed E-state index contributed by atoms with van der Waals surface area (Å²) in [6.07, 6.45) is 5.76. The molecule has 5 heteroatoms. The van der Waals surface area contributed by atoms with Crippen molar-refractivity contribution in [3.63, 3.8) is 0 Å². The van der Waals surface area contributed by atoms with Gasteiger partial charge in [-0.3, -0.25) is 4.79 Å². The van der Waals surface area contributed by atoms with E-state index in [2.05, 4.69) is 10.6 Å². The van der Waals surface area contributed by atoms with Crippen LogP contribution in [0.1, 0.15) is 66.7 Å².